The molecule has 2 atom stereocenters. The molecule has 1 saturated heterocycles. The molecule has 2 unspecified atom stereocenters. The van der Waals surface area contributed by atoms with Crippen LogP contribution in [-0.2, 0) is 18.9 Å². The molecule has 1 heterocycles. The van der Waals surface area contributed by atoms with Gasteiger partial charge in [0.2, 0.25) is 0 Å². The summed E-state index contributed by atoms with van der Waals surface area (Å²) in [5.74, 6) is -0.279. The highest BCUT2D eigenvalue weighted by Gasteiger charge is 2.45. The maximum Gasteiger partial charge on any atom is 0.250 e. The van der Waals surface area contributed by atoms with E-state index in [-0.39, 0.29) is 6.79 Å². The minimum atomic E-state index is -0.875. The first-order valence-electron chi connectivity index (χ1n) is 4.30. The van der Waals surface area contributed by atoms with Gasteiger partial charge in [0.15, 0.2) is 12.6 Å². The first kappa shape index (κ1) is 9.71. The van der Waals surface area contributed by atoms with Crippen LogP contribution >= 0.6 is 0 Å². The van der Waals surface area contributed by atoms with Gasteiger partial charge in [-0.2, -0.15) is 0 Å². The summed E-state index contributed by atoms with van der Waals surface area (Å²) in [6.07, 6.45) is 5.30. The minimum absolute atomic E-state index is 0.184. The van der Waals surface area contributed by atoms with Crippen molar-refractivity contribution in [1.29, 1.82) is 0 Å². The molecule has 4 heteroatoms. The van der Waals surface area contributed by atoms with E-state index in [4.69, 9.17) is 18.9 Å². The predicted molar refractivity (Wildman–Crippen MR) is 49.1 cm³/mol. The highest BCUT2D eigenvalue weighted by molar-refractivity contribution is 5.33. The maximum absolute atomic E-state index is 5.35. The fourth-order valence-corrected chi connectivity index (χ4v) is 1.50. The van der Waals surface area contributed by atoms with Crippen LogP contribution in [0, 0.1) is 6.92 Å². The van der Waals surface area contributed by atoms with Gasteiger partial charge in [-0.15, -0.1) is 0 Å². The van der Waals surface area contributed by atoms with Crippen LogP contribution in [0.2, 0.25) is 0 Å². The molecule has 4 nitrogen and oxygen atoms in total. The molecule has 0 saturated carbocycles. The Kier molecular flexibility index (Phi) is 2.14. The normalized spacial score (nSPS) is 40.4. The van der Waals surface area contributed by atoms with Crippen molar-refractivity contribution < 1.29 is 18.9 Å². The van der Waals surface area contributed by atoms with Crippen molar-refractivity contribution in [3.05, 3.63) is 30.9 Å². The summed E-state index contributed by atoms with van der Waals surface area (Å²) in [4.78, 5) is 0. The topological polar surface area (TPSA) is 36.9 Å². The number of hydrogen-bond acceptors (Lipinski definition) is 4. The molecule has 0 aromatic heterocycles. The van der Waals surface area contributed by atoms with Crippen LogP contribution in [-0.4, -0.2) is 32.4 Å². The SMILES string of the molecule is [CH2]C1(OC)C=CC2(OC)OCOC2=C1. The van der Waals surface area contributed by atoms with Crippen LogP contribution < -0.4 is 0 Å². The van der Waals surface area contributed by atoms with Crippen LogP contribution in [0.5, 0.6) is 0 Å². The number of hydrogen-bond donors (Lipinski definition) is 0. The fourth-order valence-electron chi connectivity index (χ4n) is 1.50. The first-order chi connectivity index (χ1) is 6.64. The van der Waals surface area contributed by atoms with E-state index in [2.05, 4.69) is 6.92 Å². The minimum Gasteiger partial charge on any atom is -0.466 e. The lowest BCUT2D eigenvalue weighted by Crippen LogP contribution is -2.37. The third kappa shape index (κ3) is 1.27. The molecule has 1 radical (unpaired) electrons. The Balaban J connectivity index is 2.35. The van der Waals surface area contributed by atoms with Crippen molar-refractivity contribution in [3.63, 3.8) is 0 Å². The summed E-state index contributed by atoms with van der Waals surface area (Å²) >= 11 is 0. The molecular formula is C10H13O4. The van der Waals surface area contributed by atoms with Crippen molar-refractivity contribution in [2.75, 3.05) is 21.0 Å². The van der Waals surface area contributed by atoms with Gasteiger partial charge in [0, 0.05) is 14.2 Å². The average molecular weight is 197 g/mol. The van der Waals surface area contributed by atoms with Crippen LogP contribution in [0.4, 0.5) is 0 Å². The van der Waals surface area contributed by atoms with Crippen LogP contribution in [0.3, 0.4) is 0 Å². The Morgan fingerprint density at radius 2 is 2.14 bits per heavy atom. The van der Waals surface area contributed by atoms with Crippen molar-refractivity contribution in [2.24, 2.45) is 0 Å². The molecule has 77 valence electrons. The monoisotopic (exact) mass is 197 g/mol. The third-order valence-corrected chi connectivity index (χ3v) is 2.47. The Hall–Kier alpha value is -0.840. The molecule has 0 N–H and O–H groups in total. The zero-order chi connectivity index (χ0) is 10.2. The Morgan fingerprint density at radius 3 is 2.79 bits per heavy atom. The number of rotatable bonds is 2. The van der Waals surface area contributed by atoms with Crippen LogP contribution in [0.25, 0.3) is 0 Å². The van der Waals surface area contributed by atoms with Crippen molar-refractivity contribution in [2.45, 2.75) is 11.4 Å². The van der Waals surface area contributed by atoms with Crippen LogP contribution in [0.15, 0.2) is 24.0 Å². The lowest BCUT2D eigenvalue weighted by Gasteiger charge is -2.30. The van der Waals surface area contributed by atoms with Gasteiger partial charge in [-0.05, 0) is 25.2 Å². The lowest BCUT2D eigenvalue weighted by atomic mass is 9.95. The highest BCUT2D eigenvalue weighted by Crippen LogP contribution is 2.37. The van der Waals surface area contributed by atoms with Gasteiger partial charge in [-0.3, -0.25) is 0 Å². The molecule has 0 aromatic carbocycles. The Morgan fingerprint density at radius 1 is 1.36 bits per heavy atom. The third-order valence-electron chi connectivity index (χ3n) is 2.47. The molecule has 14 heavy (non-hydrogen) atoms. The smallest absolute Gasteiger partial charge is 0.250 e. The fraction of sp³-hybridized carbons (Fsp3) is 0.500. The summed E-state index contributed by atoms with van der Waals surface area (Å²) < 4.78 is 21.1. The van der Waals surface area contributed by atoms with E-state index in [0.29, 0.717) is 5.76 Å². The molecule has 2 rings (SSSR count). The highest BCUT2D eigenvalue weighted by atomic mass is 16.8. The van der Waals surface area contributed by atoms with Crippen LogP contribution in [0.1, 0.15) is 0 Å². The number of methoxy groups -OCH3 is 2. The maximum atomic E-state index is 5.35. The zero-order valence-electron chi connectivity index (χ0n) is 8.28. The largest absolute Gasteiger partial charge is 0.466 e. The lowest BCUT2D eigenvalue weighted by molar-refractivity contribution is -0.141. The first-order valence-corrected chi connectivity index (χ1v) is 4.30. The van der Waals surface area contributed by atoms with Gasteiger partial charge in [-0.25, -0.2) is 0 Å². The predicted octanol–water partition coefficient (Wildman–Crippen LogP) is 1.01. The summed E-state index contributed by atoms with van der Waals surface area (Å²) in [6.45, 7) is 4.08. The van der Waals surface area contributed by atoms with Crippen molar-refractivity contribution in [1.82, 2.24) is 0 Å². The average Bonchev–Trinajstić information content (AvgIpc) is 2.61. The molecule has 0 spiro atoms. The summed E-state index contributed by atoms with van der Waals surface area (Å²) in [7, 11) is 3.15. The molecule has 1 fully saturated rings. The van der Waals surface area contributed by atoms with Crippen molar-refractivity contribution in [3.8, 4) is 0 Å². The molecule has 1 aliphatic carbocycles. The summed E-state index contributed by atoms with van der Waals surface area (Å²) in [5.41, 5.74) is -0.689. The van der Waals surface area contributed by atoms with Gasteiger partial charge < -0.3 is 18.9 Å². The number of ether oxygens (including phenoxy) is 4. The van der Waals surface area contributed by atoms with E-state index in [1.54, 1.807) is 32.4 Å². The Bertz CT molecular complexity index is 296. The van der Waals surface area contributed by atoms with Crippen molar-refractivity contribution >= 4 is 0 Å². The molecular weight excluding hydrogens is 184 g/mol. The quantitative estimate of drug-likeness (QED) is 0.619. The molecule has 2 aliphatic rings. The van der Waals surface area contributed by atoms with E-state index in [1.165, 1.54) is 0 Å². The zero-order valence-corrected chi connectivity index (χ0v) is 8.28. The standard InChI is InChI=1S/C10H13O4/c1-9(11-2)4-5-10(12-3)8(6-9)13-7-14-10/h4-6H,1,7H2,2-3H3. The second-order valence-electron chi connectivity index (χ2n) is 3.28. The Labute approximate surface area is 83.1 Å². The van der Waals surface area contributed by atoms with E-state index in [9.17, 15) is 0 Å². The van der Waals surface area contributed by atoms with E-state index in [0.717, 1.165) is 0 Å². The molecule has 0 aromatic rings. The van der Waals surface area contributed by atoms with Gasteiger partial charge in [0.1, 0.15) is 5.60 Å². The number of fused-ring (bicyclic) bond motifs is 1. The van der Waals surface area contributed by atoms with Gasteiger partial charge in [0.05, 0.1) is 0 Å². The van der Waals surface area contributed by atoms with Gasteiger partial charge in [0.25, 0.3) is 5.79 Å². The summed E-state index contributed by atoms with van der Waals surface area (Å²) in [5, 5.41) is 0. The van der Waals surface area contributed by atoms with Gasteiger partial charge in [-0.1, -0.05) is 0 Å². The van der Waals surface area contributed by atoms with Gasteiger partial charge >= 0.3 is 0 Å². The summed E-state index contributed by atoms with van der Waals surface area (Å²) in [6, 6.07) is 0. The molecule has 0 amide bonds. The van der Waals surface area contributed by atoms with E-state index < -0.39 is 11.4 Å². The molecule has 1 aliphatic heterocycles. The second kappa shape index (κ2) is 3.08. The van der Waals surface area contributed by atoms with E-state index >= 15 is 0 Å². The van der Waals surface area contributed by atoms with E-state index in [1.807, 2.05) is 0 Å². The second-order valence-corrected chi connectivity index (χ2v) is 3.28. The molecule has 0 bridgehead atoms.